The van der Waals surface area contributed by atoms with Crippen LogP contribution in [0.3, 0.4) is 0 Å². The van der Waals surface area contributed by atoms with Crippen molar-refractivity contribution in [2.24, 2.45) is 0 Å². The van der Waals surface area contributed by atoms with Gasteiger partial charge in [0.25, 0.3) is 5.56 Å². The highest BCUT2D eigenvalue weighted by molar-refractivity contribution is 7.17. The number of benzene rings is 1. The minimum atomic E-state index is -0.259. The van der Waals surface area contributed by atoms with Crippen LogP contribution in [0.4, 0.5) is 0 Å². The van der Waals surface area contributed by atoms with Crippen LogP contribution in [-0.2, 0) is 0 Å². The van der Waals surface area contributed by atoms with Crippen LogP contribution in [0.25, 0.3) is 28.4 Å². The molecule has 1 aromatic carbocycles. The number of pyridine rings is 1. The number of hydrogen-bond donors (Lipinski definition) is 0. The molecule has 0 radical (unpaired) electrons. The van der Waals surface area contributed by atoms with Gasteiger partial charge in [0.1, 0.15) is 5.02 Å². The van der Waals surface area contributed by atoms with Gasteiger partial charge >= 0.3 is 0 Å². The molecule has 3 aromatic heterocycles. The summed E-state index contributed by atoms with van der Waals surface area (Å²) in [7, 11) is 0. The average Bonchev–Trinajstić information content (AvgIpc) is 3.01. The third kappa shape index (κ3) is 2.96. The van der Waals surface area contributed by atoms with E-state index >= 15 is 0 Å². The van der Waals surface area contributed by atoms with Crippen LogP contribution in [0.1, 0.15) is 16.1 Å². The highest BCUT2D eigenvalue weighted by Gasteiger charge is 2.17. The summed E-state index contributed by atoms with van der Waals surface area (Å²) < 4.78 is 1.60. The molecule has 4 rings (SSSR count). The van der Waals surface area contributed by atoms with Gasteiger partial charge in [0, 0.05) is 17.3 Å². The Hall–Kier alpha value is -2.76. The Morgan fingerprint density at radius 3 is 2.65 bits per heavy atom. The van der Waals surface area contributed by atoms with Crippen LogP contribution in [0.2, 0.25) is 5.02 Å². The Labute approximate surface area is 159 Å². The number of rotatable bonds is 3. The molecule has 0 atom stereocenters. The van der Waals surface area contributed by atoms with Crippen molar-refractivity contribution in [3.8, 4) is 11.3 Å². The van der Waals surface area contributed by atoms with E-state index in [-0.39, 0.29) is 10.6 Å². The second kappa shape index (κ2) is 6.86. The van der Waals surface area contributed by atoms with Gasteiger partial charge in [0.2, 0.25) is 0 Å². The second-order valence-corrected chi connectivity index (χ2v) is 7.29. The van der Waals surface area contributed by atoms with Crippen molar-refractivity contribution in [2.45, 2.75) is 6.92 Å². The maximum absolute atomic E-state index is 12.9. The van der Waals surface area contributed by atoms with E-state index in [4.69, 9.17) is 11.6 Å². The van der Waals surface area contributed by atoms with Gasteiger partial charge in [-0.15, -0.1) is 11.3 Å². The summed E-state index contributed by atoms with van der Waals surface area (Å²) in [5.41, 5.74) is 2.92. The van der Waals surface area contributed by atoms with E-state index in [1.54, 1.807) is 22.9 Å². The van der Waals surface area contributed by atoms with Crippen molar-refractivity contribution in [1.82, 2.24) is 14.4 Å². The fourth-order valence-electron chi connectivity index (χ4n) is 2.79. The van der Waals surface area contributed by atoms with Crippen molar-refractivity contribution >= 4 is 40.1 Å². The van der Waals surface area contributed by atoms with Crippen molar-refractivity contribution in [3.05, 3.63) is 86.4 Å². The van der Waals surface area contributed by atoms with E-state index in [1.807, 2.05) is 55.5 Å². The molecule has 3 heterocycles. The quantitative estimate of drug-likeness (QED) is 0.506. The van der Waals surface area contributed by atoms with E-state index in [1.165, 1.54) is 11.3 Å². The number of halogens is 1. The molecule has 4 aromatic rings. The summed E-state index contributed by atoms with van der Waals surface area (Å²) in [6.07, 6.45) is 7.03. The van der Waals surface area contributed by atoms with Crippen molar-refractivity contribution in [2.75, 3.05) is 0 Å². The molecule has 0 aliphatic carbocycles. The standard InChI is InChI=1S/C20H14ClN3OS/c1-13-18(15-7-3-2-4-8-15)24-19(25)17(21)16(23-20(24)26-13)10-9-14-6-5-11-22-12-14/h2-12H,1H3/b10-9+. The molecule has 0 unspecified atom stereocenters. The van der Waals surface area contributed by atoms with Crippen molar-refractivity contribution in [3.63, 3.8) is 0 Å². The zero-order chi connectivity index (χ0) is 18.1. The Kier molecular flexibility index (Phi) is 4.41. The summed E-state index contributed by atoms with van der Waals surface area (Å²) in [5.74, 6) is 0. The summed E-state index contributed by atoms with van der Waals surface area (Å²) in [6.45, 7) is 1.99. The Bertz CT molecular complexity index is 1160. The number of fused-ring (bicyclic) bond motifs is 1. The Balaban J connectivity index is 1.89. The molecular weight excluding hydrogens is 366 g/mol. The van der Waals surface area contributed by atoms with Crippen molar-refractivity contribution in [1.29, 1.82) is 0 Å². The summed E-state index contributed by atoms with van der Waals surface area (Å²) in [4.78, 5) is 23.2. The predicted molar refractivity (Wildman–Crippen MR) is 108 cm³/mol. The van der Waals surface area contributed by atoms with Gasteiger partial charge in [0.05, 0.1) is 11.4 Å². The van der Waals surface area contributed by atoms with Crippen LogP contribution in [0, 0.1) is 6.92 Å². The molecule has 6 heteroatoms. The van der Waals surface area contributed by atoms with Gasteiger partial charge in [0.15, 0.2) is 4.96 Å². The first-order valence-corrected chi connectivity index (χ1v) is 9.20. The van der Waals surface area contributed by atoms with Gasteiger partial charge < -0.3 is 0 Å². The lowest BCUT2D eigenvalue weighted by Gasteiger charge is -2.04. The van der Waals surface area contributed by atoms with E-state index in [0.717, 1.165) is 21.7 Å². The molecule has 0 amide bonds. The van der Waals surface area contributed by atoms with E-state index in [0.29, 0.717) is 10.7 Å². The average molecular weight is 380 g/mol. The first kappa shape index (κ1) is 16.7. The fraction of sp³-hybridized carbons (Fsp3) is 0.0500. The maximum atomic E-state index is 12.9. The topological polar surface area (TPSA) is 47.3 Å². The van der Waals surface area contributed by atoms with Gasteiger partial charge in [-0.2, -0.15) is 0 Å². The molecule has 0 saturated heterocycles. The van der Waals surface area contributed by atoms with Crippen LogP contribution in [0.5, 0.6) is 0 Å². The first-order valence-electron chi connectivity index (χ1n) is 8.00. The molecule has 0 bridgehead atoms. The molecule has 26 heavy (non-hydrogen) atoms. The van der Waals surface area contributed by atoms with Crippen LogP contribution < -0.4 is 5.56 Å². The Morgan fingerprint density at radius 1 is 1.12 bits per heavy atom. The molecule has 0 aliphatic rings. The van der Waals surface area contributed by atoms with Gasteiger partial charge in [-0.3, -0.25) is 9.78 Å². The molecular formula is C20H14ClN3OS. The first-order chi connectivity index (χ1) is 12.6. The zero-order valence-electron chi connectivity index (χ0n) is 13.9. The van der Waals surface area contributed by atoms with Gasteiger partial charge in [-0.25, -0.2) is 9.38 Å². The third-order valence-electron chi connectivity index (χ3n) is 3.99. The van der Waals surface area contributed by atoms with E-state index < -0.39 is 0 Å². The summed E-state index contributed by atoms with van der Waals surface area (Å²) in [5, 5.41) is 0.109. The number of aryl methyl sites for hydroxylation is 1. The lowest BCUT2D eigenvalue weighted by molar-refractivity contribution is 1.07. The lowest BCUT2D eigenvalue weighted by atomic mass is 10.1. The molecule has 4 nitrogen and oxygen atoms in total. The minimum Gasteiger partial charge on any atom is -0.267 e. The molecule has 0 fully saturated rings. The van der Waals surface area contributed by atoms with Crippen LogP contribution in [-0.4, -0.2) is 14.4 Å². The molecule has 0 N–H and O–H groups in total. The smallest absolute Gasteiger partial charge is 0.267 e. The number of aromatic nitrogens is 3. The normalized spacial score (nSPS) is 11.5. The molecule has 0 spiro atoms. The largest absolute Gasteiger partial charge is 0.278 e. The van der Waals surface area contributed by atoms with E-state index in [9.17, 15) is 4.79 Å². The lowest BCUT2D eigenvalue weighted by Crippen LogP contribution is -2.16. The number of thiazole rings is 1. The highest BCUT2D eigenvalue weighted by Crippen LogP contribution is 2.30. The maximum Gasteiger partial charge on any atom is 0.278 e. The molecule has 128 valence electrons. The summed E-state index contributed by atoms with van der Waals surface area (Å²) >= 11 is 7.83. The number of nitrogens with zero attached hydrogens (tertiary/aromatic N) is 3. The van der Waals surface area contributed by atoms with Crippen LogP contribution >= 0.6 is 22.9 Å². The fourth-order valence-corrected chi connectivity index (χ4v) is 3.97. The highest BCUT2D eigenvalue weighted by atomic mass is 35.5. The molecule has 0 aliphatic heterocycles. The molecule has 0 saturated carbocycles. The van der Waals surface area contributed by atoms with Gasteiger partial charge in [-0.05, 0) is 30.2 Å². The third-order valence-corrected chi connectivity index (χ3v) is 5.30. The summed E-state index contributed by atoms with van der Waals surface area (Å²) in [6, 6.07) is 13.6. The van der Waals surface area contributed by atoms with Crippen LogP contribution in [0.15, 0.2) is 59.7 Å². The zero-order valence-corrected chi connectivity index (χ0v) is 15.5. The predicted octanol–water partition coefficient (Wildman–Crippen LogP) is 4.95. The van der Waals surface area contributed by atoms with E-state index in [2.05, 4.69) is 9.97 Å². The monoisotopic (exact) mass is 379 g/mol. The van der Waals surface area contributed by atoms with Gasteiger partial charge in [-0.1, -0.05) is 54.1 Å². The van der Waals surface area contributed by atoms with Crippen molar-refractivity contribution < 1.29 is 0 Å². The SMILES string of the molecule is Cc1sc2nc(/C=C/c3cccnc3)c(Cl)c(=O)n2c1-c1ccccc1. The second-order valence-electron chi connectivity index (χ2n) is 5.73. The number of hydrogen-bond acceptors (Lipinski definition) is 4. The Morgan fingerprint density at radius 2 is 1.92 bits per heavy atom. The minimum absolute atomic E-state index is 0.109.